The van der Waals surface area contributed by atoms with Gasteiger partial charge in [0.15, 0.2) is 5.82 Å². The number of nitrogens with zero attached hydrogens (tertiary/aromatic N) is 2. The van der Waals surface area contributed by atoms with Crippen LogP contribution in [0.4, 0.5) is 0 Å². The number of aromatic nitrogens is 3. The standard InChI is InChI=1S/C9H18N4/c1-4-8-11-9(13-12-8)7(5-10)6(2)3/h6-7H,4-5,10H2,1-3H3,(H,11,12,13). The van der Waals surface area contributed by atoms with Crippen molar-refractivity contribution in [2.24, 2.45) is 11.7 Å². The van der Waals surface area contributed by atoms with Gasteiger partial charge in [-0.3, -0.25) is 5.10 Å². The first-order valence-electron chi connectivity index (χ1n) is 4.80. The first-order chi connectivity index (χ1) is 6.19. The molecule has 0 radical (unpaired) electrons. The minimum atomic E-state index is 0.275. The Morgan fingerprint density at radius 2 is 2.15 bits per heavy atom. The number of hydrogen-bond donors (Lipinski definition) is 2. The average Bonchev–Trinajstić information content (AvgIpc) is 2.53. The summed E-state index contributed by atoms with van der Waals surface area (Å²) in [4.78, 5) is 4.37. The van der Waals surface area contributed by atoms with Crippen LogP contribution in [0.15, 0.2) is 0 Å². The molecule has 4 nitrogen and oxygen atoms in total. The predicted octanol–water partition coefficient (Wildman–Crippen LogP) is 1.07. The molecule has 1 aromatic heterocycles. The zero-order valence-corrected chi connectivity index (χ0v) is 8.54. The Balaban J connectivity index is 2.79. The molecule has 0 saturated carbocycles. The minimum absolute atomic E-state index is 0.275. The van der Waals surface area contributed by atoms with Gasteiger partial charge in [0.1, 0.15) is 5.82 Å². The van der Waals surface area contributed by atoms with E-state index >= 15 is 0 Å². The highest BCUT2D eigenvalue weighted by Gasteiger charge is 2.18. The number of H-pyrrole nitrogens is 1. The highest BCUT2D eigenvalue weighted by atomic mass is 15.2. The highest BCUT2D eigenvalue weighted by molar-refractivity contribution is 4.99. The van der Waals surface area contributed by atoms with Gasteiger partial charge in [0.25, 0.3) is 0 Å². The van der Waals surface area contributed by atoms with E-state index in [2.05, 4.69) is 36.0 Å². The van der Waals surface area contributed by atoms with Crippen molar-refractivity contribution in [1.82, 2.24) is 15.2 Å². The molecule has 74 valence electrons. The Morgan fingerprint density at radius 3 is 2.54 bits per heavy atom. The number of aryl methyl sites for hydroxylation is 1. The van der Waals surface area contributed by atoms with Crippen LogP contribution in [0.1, 0.15) is 38.3 Å². The number of rotatable bonds is 4. The maximum absolute atomic E-state index is 5.66. The number of nitrogens with two attached hydrogens (primary N) is 1. The fourth-order valence-corrected chi connectivity index (χ4v) is 1.31. The summed E-state index contributed by atoms with van der Waals surface area (Å²) in [7, 11) is 0. The summed E-state index contributed by atoms with van der Waals surface area (Å²) in [6.45, 7) is 6.94. The van der Waals surface area contributed by atoms with E-state index in [9.17, 15) is 0 Å². The molecule has 0 spiro atoms. The smallest absolute Gasteiger partial charge is 0.155 e. The molecule has 3 N–H and O–H groups in total. The van der Waals surface area contributed by atoms with Crippen molar-refractivity contribution in [2.75, 3.05) is 6.54 Å². The van der Waals surface area contributed by atoms with E-state index in [-0.39, 0.29) is 5.92 Å². The minimum Gasteiger partial charge on any atom is -0.330 e. The third-order valence-electron chi connectivity index (χ3n) is 2.27. The Kier molecular flexibility index (Phi) is 3.42. The van der Waals surface area contributed by atoms with Gasteiger partial charge in [-0.25, -0.2) is 4.98 Å². The SMILES string of the molecule is CCc1nc(C(CN)C(C)C)n[nH]1. The normalized spacial score (nSPS) is 13.6. The quantitative estimate of drug-likeness (QED) is 0.731. The fourth-order valence-electron chi connectivity index (χ4n) is 1.31. The molecule has 0 bridgehead atoms. The van der Waals surface area contributed by atoms with Crippen molar-refractivity contribution in [2.45, 2.75) is 33.1 Å². The maximum Gasteiger partial charge on any atom is 0.155 e. The van der Waals surface area contributed by atoms with Crippen LogP contribution in [0.5, 0.6) is 0 Å². The Hall–Kier alpha value is -0.900. The molecule has 0 aliphatic carbocycles. The molecule has 13 heavy (non-hydrogen) atoms. The van der Waals surface area contributed by atoms with Crippen LogP contribution in [0.3, 0.4) is 0 Å². The van der Waals surface area contributed by atoms with Crippen molar-refractivity contribution in [3.8, 4) is 0 Å². The molecule has 1 atom stereocenters. The molecule has 1 rings (SSSR count). The largest absolute Gasteiger partial charge is 0.330 e. The van der Waals surface area contributed by atoms with Gasteiger partial charge >= 0.3 is 0 Å². The fraction of sp³-hybridized carbons (Fsp3) is 0.778. The summed E-state index contributed by atoms with van der Waals surface area (Å²) in [5.41, 5.74) is 5.66. The number of nitrogens with one attached hydrogen (secondary N) is 1. The lowest BCUT2D eigenvalue weighted by atomic mass is 9.95. The van der Waals surface area contributed by atoms with Crippen LogP contribution in [-0.2, 0) is 6.42 Å². The molecule has 0 fully saturated rings. The topological polar surface area (TPSA) is 67.6 Å². The molecule has 0 saturated heterocycles. The van der Waals surface area contributed by atoms with E-state index in [4.69, 9.17) is 5.73 Å². The predicted molar refractivity (Wildman–Crippen MR) is 52.4 cm³/mol. The molecule has 0 aliphatic rings. The molecular weight excluding hydrogens is 164 g/mol. The van der Waals surface area contributed by atoms with Crippen LogP contribution in [0, 0.1) is 5.92 Å². The second kappa shape index (κ2) is 4.37. The van der Waals surface area contributed by atoms with E-state index in [1.54, 1.807) is 0 Å². The second-order valence-electron chi connectivity index (χ2n) is 3.58. The van der Waals surface area contributed by atoms with Crippen LogP contribution < -0.4 is 5.73 Å². The summed E-state index contributed by atoms with van der Waals surface area (Å²) < 4.78 is 0. The Morgan fingerprint density at radius 1 is 1.46 bits per heavy atom. The lowest BCUT2D eigenvalue weighted by Gasteiger charge is -2.14. The first-order valence-corrected chi connectivity index (χ1v) is 4.80. The number of hydrogen-bond acceptors (Lipinski definition) is 3. The molecular formula is C9H18N4. The monoisotopic (exact) mass is 182 g/mol. The lowest BCUT2D eigenvalue weighted by molar-refractivity contribution is 0.484. The van der Waals surface area contributed by atoms with Crippen LogP contribution in [0.2, 0.25) is 0 Å². The molecule has 0 amide bonds. The van der Waals surface area contributed by atoms with E-state index < -0.39 is 0 Å². The van der Waals surface area contributed by atoms with Crippen molar-refractivity contribution < 1.29 is 0 Å². The van der Waals surface area contributed by atoms with Gasteiger partial charge < -0.3 is 5.73 Å². The third kappa shape index (κ3) is 2.28. The molecule has 1 heterocycles. The average molecular weight is 182 g/mol. The number of aromatic amines is 1. The van der Waals surface area contributed by atoms with Crippen molar-refractivity contribution in [3.63, 3.8) is 0 Å². The van der Waals surface area contributed by atoms with Gasteiger partial charge in [0, 0.05) is 18.9 Å². The van der Waals surface area contributed by atoms with E-state index in [0.717, 1.165) is 18.1 Å². The zero-order valence-electron chi connectivity index (χ0n) is 8.54. The molecule has 1 unspecified atom stereocenters. The third-order valence-corrected chi connectivity index (χ3v) is 2.27. The van der Waals surface area contributed by atoms with E-state index in [0.29, 0.717) is 12.5 Å². The van der Waals surface area contributed by atoms with Crippen molar-refractivity contribution >= 4 is 0 Å². The maximum atomic E-state index is 5.66. The van der Waals surface area contributed by atoms with Gasteiger partial charge in [-0.1, -0.05) is 20.8 Å². The van der Waals surface area contributed by atoms with Crippen molar-refractivity contribution in [3.05, 3.63) is 11.6 Å². The lowest BCUT2D eigenvalue weighted by Crippen LogP contribution is -2.19. The molecule has 0 aliphatic heterocycles. The summed E-state index contributed by atoms with van der Waals surface area (Å²) in [5.74, 6) is 2.56. The van der Waals surface area contributed by atoms with Crippen LogP contribution in [-0.4, -0.2) is 21.7 Å². The summed E-state index contributed by atoms with van der Waals surface area (Å²) in [5, 5.41) is 7.07. The molecule has 4 heteroatoms. The Bertz CT molecular complexity index is 254. The first kappa shape index (κ1) is 10.2. The van der Waals surface area contributed by atoms with Gasteiger partial charge in [0.2, 0.25) is 0 Å². The molecule has 0 aromatic carbocycles. The summed E-state index contributed by atoms with van der Waals surface area (Å²) >= 11 is 0. The van der Waals surface area contributed by atoms with Gasteiger partial charge in [-0.15, -0.1) is 0 Å². The molecule has 1 aromatic rings. The zero-order chi connectivity index (χ0) is 9.84. The van der Waals surface area contributed by atoms with Crippen molar-refractivity contribution in [1.29, 1.82) is 0 Å². The second-order valence-corrected chi connectivity index (χ2v) is 3.58. The van der Waals surface area contributed by atoms with Gasteiger partial charge in [-0.2, -0.15) is 5.10 Å². The summed E-state index contributed by atoms with van der Waals surface area (Å²) in [6, 6.07) is 0. The van der Waals surface area contributed by atoms with Gasteiger partial charge in [-0.05, 0) is 5.92 Å². The van der Waals surface area contributed by atoms with E-state index in [1.807, 2.05) is 0 Å². The summed E-state index contributed by atoms with van der Waals surface area (Å²) in [6.07, 6.45) is 0.891. The van der Waals surface area contributed by atoms with Gasteiger partial charge in [0.05, 0.1) is 0 Å². The van der Waals surface area contributed by atoms with Crippen LogP contribution in [0.25, 0.3) is 0 Å². The van der Waals surface area contributed by atoms with Crippen LogP contribution >= 0.6 is 0 Å². The highest BCUT2D eigenvalue weighted by Crippen LogP contribution is 2.19. The van der Waals surface area contributed by atoms with E-state index in [1.165, 1.54) is 0 Å². The Labute approximate surface area is 78.9 Å².